The summed E-state index contributed by atoms with van der Waals surface area (Å²) in [5.41, 5.74) is 3.38. The number of halogens is 4. The van der Waals surface area contributed by atoms with Gasteiger partial charge in [-0.05, 0) is 18.2 Å². The summed E-state index contributed by atoms with van der Waals surface area (Å²) < 4.78 is 63.3. The molecule has 1 aromatic rings. The lowest BCUT2D eigenvalue weighted by atomic mass is 10.2. The number of thiocarbonyl (C=S) groups is 1. The third-order valence-corrected chi connectivity index (χ3v) is 3.93. The molecule has 0 fully saturated rings. The molecule has 19 heavy (non-hydrogen) atoms. The quantitative estimate of drug-likeness (QED) is 0.791. The molecule has 0 aliphatic heterocycles. The molecule has 10 heteroatoms. The van der Waals surface area contributed by atoms with Crippen molar-refractivity contribution in [2.75, 3.05) is 10.5 Å². The van der Waals surface area contributed by atoms with Crippen molar-refractivity contribution in [2.45, 2.75) is 6.18 Å². The van der Waals surface area contributed by atoms with E-state index in [-0.39, 0.29) is 9.46 Å². The third kappa shape index (κ3) is 4.96. The number of rotatable bonds is 4. The zero-order chi connectivity index (χ0) is 14.8. The average molecular weight is 377 g/mol. The van der Waals surface area contributed by atoms with Crippen LogP contribution in [0.4, 0.5) is 18.9 Å². The molecule has 4 nitrogen and oxygen atoms in total. The number of hydrogen-bond acceptors (Lipinski definition) is 3. The van der Waals surface area contributed by atoms with E-state index in [0.29, 0.717) is 0 Å². The van der Waals surface area contributed by atoms with E-state index >= 15 is 0 Å². The van der Waals surface area contributed by atoms with Gasteiger partial charge in [0, 0.05) is 4.47 Å². The van der Waals surface area contributed by atoms with Crippen LogP contribution in [0.2, 0.25) is 0 Å². The smallest absolute Gasteiger partial charge is 0.392 e. The molecule has 0 atom stereocenters. The van der Waals surface area contributed by atoms with Crippen LogP contribution >= 0.6 is 28.1 Å². The van der Waals surface area contributed by atoms with Gasteiger partial charge < -0.3 is 5.73 Å². The summed E-state index contributed by atoms with van der Waals surface area (Å²) in [6.07, 6.45) is -4.69. The Hall–Kier alpha value is -0.870. The number of nitrogens with one attached hydrogen (secondary N) is 1. The molecule has 106 valence electrons. The normalized spacial score (nSPS) is 12.2. The summed E-state index contributed by atoms with van der Waals surface area (Å²) >= 11 is 7.31. The molecule has 1 rings (SSSR count). The summed E-state index contributed by atoms with van der Waals surface area (Å²) in [4.78, 5) is -0.335. The molecule has 0 spiro atoms. The van der Waals surface area contributed by atoms with E-state index in [0.717, 1.165) is 12.1 Å². The number of sulfonamides is 1. The second-order valence-corrected chi connectivity index (χ2v) is 6.68. The van der Waals surface area contributed by atoms with Crippen molar-refractivity contribution in [2.24, 2.45) is 5.73 Å². The maximum absolute atomic E-state index is 12.8. The van der Waals surface area contributed by atoms with Gasteiger partial charge in [0.25, 0.3) is 0 Å². The Labute approximate surface area is 121 Å². The van der Waals surface area contributed by atoms with Crippen LogP contribution in [0.25, 0.3) is 0 Å². The van der Waals surface area contributed by atoms with Crippen molar-refractivity contribution in [1.29, 1.82) is 0 Å². The molecule has 3 N–H and O–H groups in total. The lowest BCUT2D eigenvalue weighted by Gasteiger charge is -2.15. The van der Waals surface area contributed by atoms with Crippen molar-refractivity contribution in [3.63, 3.8) is 0 Å². The molecule has 0 aliphatic carbocycles. The topological polar surface area (TPSA) is 72.2 Å². The van der Waals surface area contributed by atoms with E-state index in [9.17, 15) is 21.6 Å². The Morgan fingerprint density at radius 1 is 1.42 bits per heavy atom. The number of hydrogen-bond donors (Lipinski definition) is 2. The van der Waals surface area contributed by atoms with Crippen molar-refractivity contribution < 1.29 is 21.6 Å². The fourth-order valence-corrected chi connectivity index (χ4v) is 3.02. The summed E-state index contributed by atoms with van der Waals surface area (Å²) in [7, 11) is -4.06. The molecule has 0 bridgehead atoms. The minimum absolute atomic E-state index is 0.178. The molecule has 0 heterocycles. The van der Waals surface area contributed by atoms with Gasteiger partial charge >= 0.3 is 6.18 Å². The predicted octanol–water partition coefficient (Wildman–Crippen LogP) is 2.50. The molecule has 0 amide bonds. The van der Waals surface area contributed by atoms with Gasteiger partial charge in [0.2, 0.25) is 10.0 Å². The van der Waals surface area contributed by atoms with Crippen LogP contribution in [0.5, 0.6) is 0 Å². The van der Waals surface area contributed by atoms with Crippen LogP contribution in [0.15, 0.2) is 22.7 Å². The second-order valence-electron chi connectivity index (χ2n) is 3.52. The van der Waals surface area contributed by atoms with E-state index in [1.54, 1.807) is 0 Å². The van der Waals surface area contributed by atoms with E-state index in [1.165, 1.54) is 6.07 Å². The fraction of sp³-hybridized carbons (Fsp3) is 0.222. The Kier molecular flexibility index (Phi) is 4.80. The summed E-state index contributed by atoms with van der Waals surface area (Å²) in [6.45, 7) is 0. The standard InChI is InChI=1S/C9H8BrF3N2O2S2/c10-5-1-2-7(6(3-5)9(11,12)13)15-19(16,17)4-8(14)18/h1-3,15H,4H2,(H2,14,18). The maximum atomic E-state index is 12.8. The van der Waals surface area contributed by atoms with Gasteiger partial charge in [-0.25, -0.2) is 8.42 Å². The van der Waals surface area contributed by atoms with Gasteiger partial charge in [-0.1, -0.05) is 28.1 Å². The monoisotopic (exact) mass is 376 g/mol. The Morgan fingerprint density at radius 2 is 2.00 bits per heavy atom. The van der Waals surface area contributed by atoms with Crippen molar-refractivity contribution >= 4 is 48.8 Å². The minimum atomic E-state index is -4.69. The number of anilines is 1. The van der Waals surface area contributed by atoms with Crippen molar-refractivity contribution in [3.05, 3.63) is 28.2 Å². The van der Waals surface area contributed by atoms with Gasteiger partial charge in [-0.15, -0.1) is 0 Å². The first-order valence-electron chi connectivity index (χ1n) is 4.67. The molecular formula is C9H8BrF3N2O2S2. The lowest BCUT2D eigenvalue weighted by molar-refractivity contribution is -0.136. The SMILES string of the molecule is NC(=S)CS(=O)(=O)Nc1ccc(Br)cc1C(F)(F)F. The largest absolute Gasteiger partial charge is 0.418 e. The zero-order valence-electron chi connectivity index (χ0n) is 9.16. The van der Waals surface area contributed by atoms with Crippen molar-refractivity contribution in [1.82, 2.24) is 0 Å². The maximum Gasteiger partial charge on any atom is 0.418 e. The van der Waals surface area contributed by atoms with Crippen LogP contribution < -0.4 is 10.5 Å². The van der Waals surface area contributed by atoms with E-state index < -0.39 is 33.2 Å². The Morgan fingerprint density at radius 3 is 2.47 bits per heavy atom. The summed E-state index contributed by atoms with van der Waals surface area (Å²) in [5, 5.41) is 0. The molecule has 0 unspecified atom stereocenters. The van der Waals surface area contributed by atoms with Gasteiger partial charge in [-0.2, -0.15) is 13.2 Å². The van der Waals surface area contributed by atoms with Crippen LogP contribution in [0, 0.1) is 0 Å². The van der Waals surface area contributed by atoms with Crippen LogP contribution in [0.1, 0.15) is 5.56 Å². The summed E-state index contributed by atoms with van der Waals surface area (Å²) in [5.74, 6) is -0.726. The first-order valence-corrected chi connectivity index (χ1v) is 7.52. The fourth-order valence-electron chi connectivity index (χ4n) is 1.23. The zero-order valence-corrected chi connectivity index (χ0v) is 12.4. The molecule has 0 saturated heterocycles. The highest BCUT2D eigenvalue weighted by atomic mass is 79.9. The van der Waals surface area contributed by atoms with Crippen LogP contribution in [0.3, 0.4) is 0 Å². The number of alkyl halides is 3. The molecule has 0 radical (unpaired) electrons. The van der Waals surface area contributed by atoms with Gasteiger partial charge in [0.15, 0.2) is 0 Å². The number of benzene rings is 1. The number of nitrogens with two attached hydrogens (primary N) is 1. The van der Waals surface area contributed by atoms with Gasteiger partial charge in [0.05, 0.1) is 16.2 Å². The average Bonchev–Trinajstić information content (AvgIpc) is 2.16. The highest BCUT2D eigenvalue weighted by Crippen LogP contribution is 2.36. The van der Waals surface area contributed by atoms with Crippen LogP contribution in [-0.2, 0) is 16.2 Å². The highest BCUT2D eigenvalue weighted by molar-refractivity contribution is 9.10. The Balaban J connectivity index is 3.19. The summed E-state index contributed by atoms with van der Waals surface area (Å²) in [6, 6.07) is 3.07. The van der Waals surface area contributed by atoms with Gasteiger partial charge in [0.1, 0.15) is 5.75 Å². The molecule has 0 saturated carbocycles. The first kappa shape index (κ1) is 16.2. The van der Waals surface area contributed by atoms with Gasteiger partial charge in [-0.3, -0.25) is 4.72 Å². The second kappa shape index (κ2) is 5.63. The molecule has 1 aromatic carbocycles. The first-order chi connectivity index (χ1) is 8.51. The van der Waals surface area contributed by atoms with Crippen molar-refractivity contribution in [3.8, 4) is 0 Å². The minimum Gasteiger partial charge on any atom is -0.392 e. The molecule has 0 aromatic heterocycles. The molecular weight excluding hydrogens is 369 g/mol. The van der Waals surface area contributed by atoms with E-state index in [4.69, 9.17) is 5.73 Å². The predicted molar refractivity (Wildman–Crippen MR) is 73.3 cm³/mol. The van der Waals surface area contributed by atoms with E-state index in [1.807, 2.05) is 4.72 Å². The van der Waals surface area contributed by atoms with Crippen LogP contribution in [-0.4, -0.2) is 19.2 Å². The third-order valence-electron chi connectivity index (χ3n) is 1.88. The molecule has 0 aliphatic rings. The highest BCUT2D eigenvalue weighted by Gasteiger charge is 2.34. The van der Waals surface area contributed by atoms with E-state index in [2.05, 4.69) is 28.1 Å². The Bertz CT molecular complexity index is 602. The lowest BCUT2D eigenvalue weighted by Crippen LogP contribution is -2.27.